The molecule has 0 amide bonds. The maximum atomic E-state index is 9.35. The molecule has 0 radical (unpaired) electrons. The van der Waals surface area contributed by atoms with E-state index < -0.39 is 0 Å². The third kappa shape index (κ3) is 2.61. The number of aliphatic hydroxyl groups is 1. The van der Waals surface area contributed by atoms with E-state index in [0.29, 0.717) is 6.61 Å². The molecule has 1 aliphatic heterocycles. The van der Waals surface area contributed by atoms with Gasteiger partial charge < -0.3 is 9.84 Å². The Morgan fingerprint density at radius 2 is 2.12 bits per heavy atom. The van der Waals surface area contributed by atoms with Crippen LogP contribution in [0.25, 0.3) is 0 Å². The van der Waals surface area contributed by atoms with Crippen molar-refractivity contribution in [1.82, 2.24) is 4.90 Å². The lowest BCUT2D eigenvalue weighted by molar-refractivity contribution is 0.258. The molecule has 1 aliphatic rings. The van der Waals surface area contributed by atoms with E-state index in [4.69, 9.17) is 4.74 Å². The van der Waals surface area contributed by atoms with E-state index in [2.05, 4.69) is 24.0 Å². The molecule has 0 bridgehead atoms. The number of ether oxygens (including phenoxy) is 1. The monoisotopic (exact) mass is 235 g/mol. The van der Waals surface area contributed by atoms with Crippen LogP contribution in [0.2, 0.25) is 0 Å². The second-order valence-corrected chi connectivity index (χ2v) is 4.44. The summed E-state index contributed by atoms with van der Waals surface area (Å²) >= 11 is 0. The van der Waals surface area contributed by atoms with Crippen LogP contribution in [0.1, 0.15) is 30.5 Å². The third-order valence-electron chi connectivity index (χ3n) is 3.39. The summed E-state index contributed by atoms with van der Waals surface area (Å²) in [6.07, 6.45) is 1.07. The molecule has 3 nitrogen and oxygen atoms in total. The minimum atomic E-state index is 0.0557. The van der Waals surface area contributed by atoms with Crippen molar-refractivity contribution in [3.8, 4) is 5.75 Å². The highest BCUT2D eigenvalue weighted by atomic mass is 16.5. The number of hydrogen-bond acceptors (Lipinski definition) is 3. The first kappa shape index (κ1) is 12.4. The predicted molar refractivity (Wildman–Crippen MR) is 68.2 cm³/mol. The lowest BCUT2D eigenvalue weighted by atomic mass is 9.96. The summed E-state index contributed by atoms with van der Waals surface area (Å²) in [7, 11) is 0. The zero-order valence-corrected chi connectivity index (χ0v) is 10.7. The molecule has 2 rings (SSSR count). The molecule has 1 aromatic carbocycles. The highest BCUT2D eigenvalue weighted by molar-refractivity contribution is 5.43. The summed E-state index contributed by atoms with van der Waals surface area (Å²) in [5, 5.41) is 9.35. The van der Waals surface area contributed by atoms with Crippen molar-refractivity contribution in [2.45, 2.75) is 33.4 Å². The van der Waals surface area contributed by atoms with Crippen LogP contribution in [0.5, 0.6) is 5.75 Å². The highest BCUT2D eigenvalue weighted by Gasteiger charge is 2.17. The lowest BCUT2D eigenvalue weighted by Crippen LogP contribution is -2.30. The molecule has 17 heavy (non-hydrogen) atoms. The van der Waals surface area contributed by atoms with Gasteiger partial charge >= 0.3 is 0 Å². The number of hydrogen-bond donors (Lipinski definition) is 1. The minimum Gasteiger partial charge on any atom is -0.493 e. The molecule has 94 valence electrons. The Morgan fingerprint density at radius 1 is 1.29 bits per heavy atom. The molecule has 0 saturated carbocycles. The van der Waals surface area contributed by atoms with E-state index in [1.165, 1.54) is 11.1 Å². The van der Waals surface area contributed by atoms with E-state index in [1.54, 1.807) is 0 Å². The first-order valence-corrected chi connectivity index (χ1v) is 6.39. The fourth-order valence-corrected chi connectivity index (χ4v) is 2.38. The van der Waals surface area contributed by atoms with Gasteiger partial charge in [0.05, 0.1) is 13.2 Å². The van der Waals surface area contributed by atoms with Crippen molar-refractivity contribution in [3.63, 3.8) is 0 Å². The number of aliphatic hydroxyl groups excluding tert-OH is 1. The van der Waals surface area contributed by atoms with E-state index in [1.807, 2.05) is 6.92 Å². The van der Waals surface area contributed by atoms with Crippen molar-refractivity contribution in [2.24, 2.45) is 0 Å². The van der Waals surface area contributed by atoms with Crippen molar-refractivity contribution in [1.29, 1.82) is 0 Å². The van der Waals surface area contributed by atoms with Crippen molar-refractivity contribution >= 4 is 0 Å². The number of likely N-dealkylation sites (N-methyl/N-ethyl adjacent to an activating group) is 1. The molecule has 1 N–H and O–H groups in total. The molecule has 0 fully saturated rings. The van der Waals surface area contributed by atoms with Gasteiger partial charge in [-0.15, -0.1) is 0 Å². The topological polar surface area (TPSA) is 32.7 Å². The summed E-state index contributed by atoms with van der Waals surface area (Å²) in [5.41, 5.74) is 3.62. The summed E-state index contributed by atoms with van der Waals surface area (Å²) in [6, 6.07) is 4.21. The smallest absolute Gasteiger partial charge is 0.125 e. The summed E-state index contributed by atoms with van der Waals surface area (Å²) in [5.74, 6) is 0.840. The van der Waals surface area contributed by atoms with Crippen LogP contribution in [0.4, 0.5) is 0 Å². The van der Waals surface area contributed by atoms with Gasteiger partial charge in [-0.3, -0.25) is 4.90 Å². The number of nitrogens with zero attached hydrogens (tertiary/aromatic N) is 1. The Labute approximate surface area is 103 Å². The van der Waals surface area contributed by atoms with Gasteiger partial charge in [0.15, 0.2) is 0 Å². The summed E-state index contributed by atoms with van der Waals surface area (Å²) in [6.45, 7) is 8.06. The average Bonchev–Trinajstić information content (AvgIpc) is 2.37. The first-order chi connectivity index (χ1) is 8.28. The van der Waals surface area contributed by atoms with Crippen LogP contribution in [0.15, 0.2) is 12.1 Å². The Balaban J connectivity index is 2.31. The van der Waals surface area contributed by atoms with Gasteiger partial charge in [-0.1, -0.05) is 6.92 Å². The first-order valence-electron chi connectivity index (χ1n) is 6.39. The zero-order valence-electron chi connectivity index (χ0n) is 10.7. The average molecular weight is 235 g/mol. The van der Waals surface area contributed by atoms with Crippen molar-refractivity contribution in [2.75, 3.05) is 19.7 Å². The SMILES string of the molecule is CCOc1cc2c(cc1CO)CCN(CC)C2. The highest BCUT2D eigenvalue weighted by Crippen LogP contribution is 2.28. The quantitative estimate of drug-likeness (QED) is 0.866. The maximum Gasteiger partial charge on any atom is 0.125 e. The van der Waals surface area contributed by atoms with Crippen LogP contribution in [-0.4, -0.2) is 29.7 Å². The van der Waals surface area contributed by atoms with Gasteiger partial charge in [-0.2, -0.15) is 0 Å². The number of fused-ring (bicyclic) bond motifs is 1. The Bertz CT molecular complexity index is 390. The van der Waals surface area contributed by atoms with E-state index in [-0.39, 0.29) is 6.61 Å². The van der Waals surface area contributed by atoms with Gasteiger partial charge in [-0.05, 0) is 43.1 Å². The molecular formula is C14H21NO2. The minimum absolute atomic E-state index is 0.0557. The molecule has 0 atom stereocenters. The van der Waals surface area contributed by atoms with Crippen LogP contribution in [0, 0.1) is 0 Å². The zero-order chi connectivity index (χ0) is 12.3. The van der Waals surface area contributed by atoms with Crippen molar-refractivity contribution < 1.29 is 9.84 Å². The largest absolute Gasteiger partial charge is 0.493 e. The second kappa shape index (κ2) is 5.52. The fourth-order valence-electron chi connectivity index (χ4n) is 2.38. The Hall–Kier alpha value is -1.06. The van der Waals surface area contributed by atoms with Crippen LogP contribution in [0.3, 0.4) is 0 Å². The molecule has 1 aromatic rings. The Morgan fingerprint density at radius 3 is 2.76 bits per heavy atom. The fraction of sp³-hybridized carbons (Fsp3) is 0.571. The number of rotatable bonds is 4. The molecule has 1 heterocycles. The Kier molecular flexibility index (Phi) is 4.02. The van der Waals surface area contributed by atoms with E-state index in [9.17, 15) is 5.11 Å². The molecule has 0 spiro atoms. The standard InChI is InChI=1S/C14H21NO2/c1-3-15-6-5-11-7-13(10-16)14(17-4-2)8-12(11)9-15/h7-8,16H,3-6,9-10H2,1-2H3. The predicted octanol–water partition coefficient (Wildman–Crippen LogP) is 1.96. The summed E-state index contributed by atoms with van der Waals surface area (Å²) in [4.78, 5) is 2.43. The molecule has 0 unspecified atom stereocenters. The molecule has 0 aromatic heterocycles. The maximum absolute atomic E-state index is 9.35. The summed E-state index contributed by atoms with van der Waals surface area (Å²) < 4.78 is 5.58. The van der Waals surface area contributed by atoms with Crippen LogP contribution < -0.4 is 4.74 Å². The molecular weight excluding hydrogens is 214 g/mol. The molecule has 3 heteroatoms. The molecule has 0 saturated heterocycles. The van der Waals surface area contributed by atoms with Gasteiger partial charge in [0.2, 0.25) is 0 Å². The van der Waals surface area contributed by atoms with Crippen molar-refractivity contribution in [3.05, 3.63) is 28.8 Å². The third-order valence-corrected chi connectivity index (χ3v) is 3.39. The van der Waals surface area contributed by atoms with E-state index in [0.717, 1.165) is 37.4 Å². The van der Waals surface area contributed by atoms with Gasteiger partial charge in [0.1, 0.15) is 5.75 Å². The lowest BCUT2D eigenvalue weighted by Gasteiger charge is -2.28. The molecule has 0 aliphatic carbocycles. The normalized spacial score (nSPS) is 15.7. The van der Waals surface area contributed by atoms with Gasteiger partial charge in [0, 0.05) is 18.7 Å². The van der Waals surface area contributed by atoms with E-state index >= 15 is 0 Å². The van der Waals surface area contributed by atoms with Gasteiger partial charge in [-0.25, -0.2) is 0 Å². The van der Waals surface area contributed by atoms with Crippen LogP contribution in [-0.2, 0) is 19.6 Å². The van der Waals surface area contributed by atoms with Crippen LogP contribution >= 0.6 is 0 Å². The van der Waals surface area contributed by atoms with Gasteiger partial charge in [0.25, 0.3) is 0 Å². The number of benzene rings is 1. The second-order valence-electron chi connectivity index (χ2n) is 4.44.